The summed E-state index contributed by atoms with van der Waals surface area (Å²) in [7, 11) is -3.38. The van der Waals surface area contributed by atoms with Crippen LogP contribution in [0.4, 0.5) is 0 Å². The molecule has 0 aliphatic carbocycles. The normalized spacial score (nSPS) is 11.6. The maximum atomic E-state index is 11.6. The van der Waals surface area contributed by atoms with Crippen LogP contribution in [-0.2, 0) is 16.4 Å². The van der Waals surface area contributed by atoms with E-state index in [1.807, 2.05) is 19.1 Å². The zero-order chi connectivity index (χ0) is 11.3. The fourth-order valence-corrected chi connectivity index (χ4v) is 2.40. The Bertz CT molecular complexity index is 400. The molecular weight excluding hydrogens is 234 g/mol. The molecule has 0 aliphatic rings. The quantitative estimate of drug-likeness (QED) is 0.806. The summed E-state index contributed by atoms with van der Waals surface area (Å²) in [5.74, 6) is 0.270. The monoisotopic (exact) mass is 247 g/mol. The molecular formula is C10H14ClNO2S. The molecule has 1 rings (SSSR count). The first-order valence-electron chi connectivity index (χ1n) is 4.74. The van der Waals surface area contributed by atoms with Crippen LogP contribution in [0.3, 0.4) is 0 Å². The van der Waals surface area contributed by atoms with Crippen molar-refractivity contribution in [2.24, 2.45) is 0 Å². The second kappa shape index (κ2) is 5.49. The van der Waals surface area contributed by atoms with E-state index in [-0.39, 0.29) is 17.3 Å². The average Bonchev–Trinajstić information content (AvgIpc) is 2.26. The molecule has 0 saturated heterocycles. The van der Waals surface area contributed by atoms with E-state index in [9.17, 15) is 8.42 Å². The molecule has 0 spiro atoms. The number of benzene rings is 1. The fraction of sp³-hybridized carbons (Fsp3) is 0.400. The van der Waals surface area contributed by atoms with Crippen molar-refractivity contribution in [1.82, 2.24) is 4.72 Å². The largest absolute Gasteiger partial charge is 0.240 e. The Morgan fingerprint density at radius 2 is 1.87 bits per heavy atom. The highest BCUT2D eigenvalue weighted by molar-refractivity contribution is 7.89. The Balaban J connectivity index is 2.86. The minimum absolute atomic E-state index is 0.249. The van der Waals surface area contributed by atoms with Gasteiger partial charge in [-0.15, -0.1) is 11.6 Å². The molecule has 1 N–H and O–H groups in total. The Kier molecular flexibility index (Phi) is 4.57. The molecule has 0 fully saturated rings. The first-order valence-corrected chi connectivity index (χ1v) is 6.76. The molecule has 0 unspecified atom stereocenters. The van der Waals surface area contributed by atoms with Gasteiger partial charge in [-0.05, 0) is 24.1 Å². The highest BCUT2D eigenvalue weighted by Crippen LogP contribution is 2.10. The maximum absolute atomic E-state index is 11.6. The molecule has 0 bridgehead atoms. The SMILES string of the molecule is CCc1ccc(S(=O)(=O)NCCCl)cc1. The van der Waals surface area contributed by atoms with Gasteiger partial charge in [0.15, 0.2) is 0 Å². The number of nitrogens with one attached hydrogen (secondary N) is 1. The van der Waals surface area contributed by atoms with Gasteiger partial charge in [0.05, 0.1) is 4.90 Å². The van der Waals surface area contributed by atoms with Crippen molar-refractivity contribution in [3.8, 4) is 0 Å². The lowest BCUT2D eigenvalue weighted by molar-refractivity contribution is 0.584. The van der Waals surface area contributed by atoms with Crippen LogP contribution < -0.4 is 4.72 Å². The van der Waals surface area contributed by atoms with Gasteiger partial charge in [0.1, 0.15) is 0 Å². The van der Waals surface area contributed by atoms with Gasteiger partial charge in [-0.1, -0.05) is 19.1 Å². The van der Waals surface area contributed by atoms with Crippen LogP contribution >= 0.6 is 11.6 Å². The van der Waals surface area contributed by atoms with Gasteiger partial charge < -0.3 is 0 Å². The highest BCUT2D eigenvalue weighted by atomic mass is 35.5. The smallest absolute Gasteiger partial charge is 0.210 e. The van der Waals surface area contributed by atoms with E-state index in [1.165, 1.54) is 0 Å². The summed E-state index contributed by atoms with van der Waals surface area (Å²) in [4.78, 5) is 0.282. The Morgan fingerprint density at radius 3 is 2.33 bits per heavy atom. The predicted octanol–water partition coefficient (Wildman–Crippen LogP) is 1.77. The van der Waals surface area contributed by atoms with Gasteiger partial charge in [-0.2, -0.15) is 0 Å². The predicted molar refractivity (Wildman–Crippen MR) is 61.7 cm³/mol. The third-order valence-corrected chi connectivity index (χ3v) is 3.69. The minimum Gasteiger partial charge on any atom is -0.210 e. The summed E-state index contributed by atoms with van der Waals surface area (Å²) in [6, 6.07) is 6.84. The van der Waals surface area contributed by atoms with E-state index in [0.717, 1.165) is 12.0 Å². The van der Waals surface area contributed by atoms with Crippen molar-refractivity contribution in [2.45, 2.75) is 18.2 Å². The van der Waals surface area contributed by atoms with Gasteiger partial charge in [0, 0.05) is 12.4 Å². The van der Waals surface area contributed by atoms with Crippen LogP contribution in [0.5, 0.6) is 0 Å². The molecule has 0 radical (unpaired) electrons. The van der Waals surface area contributed by atoms with Crippen molar-refractivity contribution >= 4 is 21.6 Å². The van der Waals surface area contributed by atoms with Crippen molar-refractivity contribution in [3.05, 3.63) is 29.8 Å². The Labute approximate surface area is 95.5 Å². The molecule has 0 aliphatic heterocycles. The topological polar surface area (TPSA) is 46.2 Å². The summed E-state index contributed by atoms with van der Waals surface area (Å²) in [6.07, 6.45) is 0.898. The zero-order valence-corrected chi connectivity index (χ0v) is 10.1. The second-order valence-corrected chi connectivity index (χ2v) is 5.23. The standard InChI is InChI=1S/C10H14ClNO2S/c1-2-9-3-5-10(6-4-9)15(13,14)12-8-7-11/h3-6,12H,2,7-8H2,1H3. The lowest BCUT2D eigenvalue weighted by atomic mass is 10.2. The van der Waals surface area contributed by atoms with E-state index in [2.05, 4.69) is 4.72 Å². The number of aryl methyl sites for hydroxylation is 1. The van der Waals surface area contributed by atoms with E-state index < -0.39 is 10.0 Å². The van der Waals surface area contributed by atoms with Gasteiger partial charge in [0.2, 0.25) is 10.0 Å². The molecule has 0 amide bonds. The van der Waals surface area contributed by atoms with Gasteiger partial charge in [-0.3, -0.25) is 0 Å². The number of hydrogen-bond acceptors (Lipinski definition) is 2. The summed E-state index contributed by atoms with van der Waals surface area (Å²) < 4.78 is 25.6. The van der Waals surface area contributed by atoms with Crippen LogP contribution in [-0.4, -0.2) is 20.8 Å². The summed E-state index contributed by atoms with van der Waals surface area (Å²) in [5, 5.41) is 0. The fourth-order valence-electron chi connectivity index (χ4n) is 1.16. The van der Waals surface area contributed by atoms with Gasteiger partial charge in [0.25, 0.3) is 0 Å². The van der Waals surface area contributed by atoms with Crippen molar-refractivity contribution in [3.63, 3.8) is 0 Å². The summed E-state index contributed by atoms with van der Waals surface area (Å²) >= 11 is 5.42. The molecule has 1 aromatic carbocycles. The number of rotatable bonds is 5. The lowest BCUT2D eigenvalue weighted by Gasteiger charge is -2.05. The van der Waals surface area contributed by atoms with Crippen LogP contribution in [0.1, 0.15) is 12.5 Å². The van der Waals surface area contributed by atoms with Crippen LogP contribution in [0.25, 0.3) is 0 Å². The molecule has 84 valence electrons. The number of halogens is 1. The summed E-state index contributed by atoms with van der Waals surface area (Å²) in [5.41, 5.74) is 1.12. The van der Waals surface area contributed by atoms with E-state index in [0.29, 0.717) is 0 Å². The second-order valence-electron chi connectivity index (χ2n) is 3.08. The van der Waals surface area contributed by atoms with Gasteiger partial charge in [-0.25, -0.2) is 13.1 Å². The average molecular weight is 248 g/mol. The van der Waals surface area contributed by atoms with Crippen molar-refractivity contribution < 1.29 is 8.42 Å². The zero-order valence-electron chi connectivity index (χ0n) is 8.53. The van der Waals surface area contributed by atoms with E-state index in [4.69, 9.17) is 11.6 Å². The Hall–Kier alpha value is -0.580. The number of alkyl halides is 1. The van der Waals surface area contributed by atoms with E-state index in [1.54, 1.807) is 12.1 Å². The van der Waals surface area contributed by atoms with Crippen LogP contribution in [0, 0.1) is 0 Å². The van der Waals surface area contributed by atoms with Crippen molar-refractivity contribution in [2.75, 3.05) is 12.4 Å². The molecule has 3 nitrogen and oxygen atoms in total. The molecule has 0 atom stereocenters. The van der Waals surface area contributed by atoms with E-state index >= 15 is 0 Å². The lowest BCUT2D eigenvalue weighted by Crippen LogP contribution is -2.25. The third kappa shape index (κ3) is 3.48. The number of sulfonamides is 1. The minimum atomic E-state index is -3.38. The third-order valence-electron chi connectivity index (χ3n) is 2.03. The van der Waals surface area contributed by atoms with Crippen molar-refractivity contribution in [1.29, 1.82) is 0 Å². The first kappa shape index (κ1) is 12.5. The highest BCUT2D eigenvalue weighted by Gasteiger charge is 2.11. The summed E-state index contributed by atoms with van der Waals surface area (Å²) in [6.45, 7) is 2.27. The molecule has 0 aromatic heterocycles. The first-order chi connectivity index (χ1) is 7.10. The molecule has 15 heavy (non-hydrogen) atoms. The molecule has 0 heterocycles. The van der Waals surface area contributed by atoms with Gasteiger partial charge >= 0.3 is 0 Å². The molecule has 5 heteroatoms. The Morgan fingerprint density at radius 1 is 1.27 bits per heavy atom. The molecule has 0 saturated carbocycles. The molecule has 1 aromatic rings. The van der Waals surface area contributed by atoms with Crippen LogP contribution in [0.2, 0.25) is 0 Å². The van der Waals surface area contributed by atoms with Crippen LogP contribution in [0.15, 0.2) is 29.2 Å². The maximum Gasteiger partial charge on any atom is 0.240 e. The number of hydrogen-bond donors (Lipinski definition) is 1.